The van der Waals surface area contributed by atoms with Crippen molar-refractivity contribution in [1.82, 2.24) is 15.2 Å². The van der Waals surface area contributed by atoms with E-state index in [1.54, 1.807) is 6.20 Å². The van der Waals surface area contributed by atoms with Crippen LogP contribution in [0.25, 0.3) is 0 Å². The molecule has 6 heteroatoms. The third-order valence-corrected chi connectivity index (χ3v) is 3.46. The average molecular weight is 335 g/mol. The summed E-state index contributed by atoms with van der Waals surface area (Å²) in [6, 6.07) is 15.7. The molecule has 0 unspecified atom stereocenters. The van der Waals surface area contributed by atoms with Crippen LogP contribution in [0.2, 0.25) is 0 Å². The van der Waals surface area contributed by atoms with Crippen LogP contribution in [-0.4, -0.2) is 21.3 Å². The second-order valence-corrected chi connectivity index (χ2v) is 5.89. The van der Waals surface area contributed by atoms with Gasteiger partial charge in [0.15, 0.2) is 5.82 Å². The van der Waals surface area contributed by atoms with Crippen molar-refractivity contribution in [2.75, 3.05) is 10.6 Å². The van der Waals surface area contributed by atoms with Crippen molar-refractivity contribution in [3.63, 3.8) is 0 Å². The Kier molecular flexibility index (Phi) is 5.09. The zero-order valence-corrected chi connectivity index (χ0v) is 14.5. The molecule has 128 valence electrons. The van der Waals surface area contributed by atoms with Crippen LogP contribution in [0.5, 0.6) is 5.75 Å². The Morgan fingerprint density at radius 2 is 1.64 bits per heavy atom. The summed E-state index contributed by atoms with van der Waals surface area (Å²) in [6.45, 7) is 6.01. The van der Waals surface area contributed by atoms with Crippen molar-refractivity contribution >= 4 is 23.1 Å². The maximum atomic E-state index is 5.82. The molecule has 0 aliphatic carbocycles. The maximum Gasteiger partial charge on any atom is 0.249 e. The van der Waals surface area contributed by atoms with Crippen LogP contribution >= 0.6 is 0 Å². The molecule has 0 saturated carbocycles. The van der Waals surface area contributed by atoms with Crippen LogP contribution in [0.4, 0.5) is 23.1 Å². The van der Waals surface area contributed by atoms with E-state index in [9.17, 15) is 0 Å². The molecular formula is C19H21N5O. The predicted octanol–water partition coefficient (Wildman–Crippen LogP) is 4.45. The molecule has 2 N–H and O–H groups in total. The minimum Gasteiger partial charge on any atom is -0.489 e. The summed E-state index contributed by atoms with van der Waals surface area (Å²) in [6.07, 6.45) is 1.67. The Labute approximate surface area is 147 Å². The molecule has 0 atom stereocenters. The lowest BCUT2D eigenvalue weighted by Gasteiger charge is -2.15. The summed E-state index contributed by atoms with van der Waals surface area (Å²) in [4.78, 5) is 4.47. The third-order valence-electron chi connectivity index (χ3n) is 3.46. The van der Waals surface area contributed by atoms with Crippen molar-refractivity contribution in [2.24, 2.45) is 0 Å². The zero-order chi connectivity index (χ0) is 17.6. The van der Waals surface area contributed by atoms with E-state index < -0.39 is 0 Å². The van der Waals surface area contributed by atoms with Gasteiger partial charge in [-0.2, -0.15) is 10.1 Å². The summed E-state index contributed by atoms with van der Waals surface area (Å²) >= 11 is 0. The molecule has 0 saturated heterocycles. The molecular weight excluding hydrogens is 314 g/mol. The van der Waals surface area contributed by atoms with E-state index >= 15 is 0 Å². The summed E-state index contributed by atoms with van der Waals surface area (Å²) in [5.74, 6) is 1.79. The van der Waals surface area contributed by atoms with Gasteiger partial charge in [0.1, 0.15) is 5.75 Å². The quantitative estimate of drug-likeness (QED) is 0.693. The zero-order valence-electron chi connectivity index (χ0n) is 14.5. The first-order valence-corrected chi connectivity index (χ1v) is 8.17. The first kappa shape index (κ1) is 16.7. The maximum absolute atomic E-state index is 5.82. The van der Waals surface area contributed by atoms with Gasteiger partial charge in [-0.15, -0.1) is 5.10 Å². The molecule has 3 rings (SSSR count). The fourth-order valence-corrected chi connectivity index (χ4v) is 2.31. The minimum atomic E-state index is 0.0877. The van der Waals surface area contributed by atoms with Crippen LogP contribution < -0.4 is 15.4 Å². The smallest absolute Gasteiger partial charge is 0.249 e. The number of rotatable bonds is 6. The van der Waals surface area contributed by atoms with Gasteiger partial charge in [0.05, 0.1) is 18.0 Å². The number of nitrogens with zero attached hydrogens (tertiary/aromatic N) is 3. The van der Waals surface area contributed by atoms with E-state index in [4.69, 9.17) is 4.74 Å². The number of anilines is 4. The van der Waals surface area contributed by atoms with Gasteiger partial charge in [-0.25, -0.2) is 0 Å². The molecule has 0 amide bonds. The molecule has 1 aromatic heterocycles. The Balaban J connectivity index is 1.80. The van der Waals surface area contributed by atoms with Gasteiger partial charge in [-0.05, 0) is 44.5 Å². The standard InChI is InChI=1S/C19H21N5O/c1-13(2)25-17-11-7-6-10-16(17)21-18-12-20-24-19(23-18)22-15-9-5-4-8-14(15)3/h4-13H,1-3H3,(H2,21,22,23,24). The fourth-order valence-electron chi connectivity index (χ4n) is 2.31. The molecule has 0 bridgehead atoms. The number of aromatic nitrogens is 3. The van der Waals surface area contributed by atoms with E-state index in [0.29, 0.717) is 11.8 Å². The molecule has 0 radical (unpaired) electrons. The first-order chi connectivity index (χ1) is 12.1. The van der Waals surface area contributed by atoms with Gasteiger partial charge in [-0.1, -0.05) is 30.3 Å². The van der Waals surface area contributed by atoms with Crippen molar-refractivity contribution in [2.45, 2.75) is 26.9 Å². The molecule has 0 aliphatic rings. The van der Waals surface area contributed by atoms with Crippen molar-refractivity contribution in [3.8, 4) is 5.75 Å². The van der Waals surface area contributed by atoms with Gasteiger partial charge in [0, 0.05) is 5.69 Å². The molecule has 1 heterocycles. The lowest BCUT2D eigenvalue weighted by atomic mass is 10.2. The van der Waals surface area contributed by atoms with Crippen LogP contribution in [0.15, 0.2) is 54.7 Å². The third kappa shape index (κ3) is 4.44. The number of aryl methyl sites for hydroxylation is 1. The number of hydrogen-bond acceptors (Lipinski definition) is 6. The highest BCUT2D eigenvalue weighted by Crippen LogP contribution is 2.27. The topological polar surface area (TPSA) is 72.0 Å². The fraction of sp³-hybridized carbons (Fsp3) is 0.211. The van der Waals surface area contributed by atoms with Gasteiger partial charge < -0.3 is 15.4 Å². The van der Waals surface area contributed by atoms with Crippen molar-refractivity contribution in [1.29, 1.82) is 0 Å². The number of hydrogen-bond donors (Lipinski definition) is 2. The summed E-state index contributed by atoms with van der Waals surface area (Å²) in [5.41, 5.74) is 2.89. The van der Waals surface area contributed by atoms with E-state index in [2.05, 4.69) is 25.8 Å². The minimum absolute atomic E-state index is 0.0877. The lowest BCUT2D eigenvalue weighted by Crippen LogP contribution is -2.08. The molecule has 2 aromatic carbocycles. The van der Waals surface area contributed by atoms with E-state index in [1.807, 2.05) is 69.3 Å². The monoisotopic (exact) mass is 335 g/mol. The Bertz CT molecular complexity index is 850. The summed E-state index contributed by atoms with van der Waals surface area (Å²) < 4.78 is 5.82. The average Bonchev–Trinajstić information content (AvgIpc) is 2.59. The highest BCUT2D eigenvalue weighted by molar-refractivity contribution is 5.65. The Morgan fingerprint density at radius 3 is 2.40 bits per heavy atom. The van der Waals surface area contributed by atoms with Crippen molar-refractivity contribution in [3.05, 3.63) is 60.3 Å². The highest BCUT2D eigenvalue weighted by atomic mass is 16.5. The van der Waals surface area contributed by atoms with E-state index in [-0.39, 0.29) is 6.10 Å². The lowest BCUT2D eigenvalue weighted by molar-refractivity contribution is 0.244. The predicted molar refractivity (Wildman–Crippen MR) is 99.8 cm³/mol. The Hall–Kier alpha value is -3.15. The first-order valence-electron chi connectivity index (χ1n) is 8.17. The molecule has 0 aliphatic heterocycles. The summed E-state index contributed by atoms with van der Waals surface area (Å²) in [7, 11) is 0. The Morgan fingerprint density at radius 1 is 0.920 bits per heavy atom. The van der Waals surface area contributed by atoms with Crippen molar-refractivity contribution < 1.29 is 4.74 Å². The van der Waals surface area contributed by atoms with Gasteiger partial charge in [0.25, 0.3) is 0 Å². The van der Waals surface area contributed by atoms with E-state index in [1.165, 1.54) is 0 Å². The largest absolute Gasteiger partial charge is 0.489 e. The SMILES string of the molecule is Cc1ccccc1Nc1nncc(Nc2ccccc2OC(C)C)n1. The van der Waals surface area contributed by atoms with Gasteiger partial charge in [0.2, 0.25) is 5.95 Å². The molecule has 3 aromatic rings. The van der Waals surface area contributed by atoms with Crippen LogP contribution in [0.3, 0.4) is 0 Å². The van der Waals surface area contributed by atoms with Crippen LogP contribution in [0.1, 0.15) is 19.4 Å². The highest BCUT2D eigenvalue weighted by Gasteiger charge is 2.08. The van der Waals surface area contributed by atoms with Crippen LogP contribution in [0, 0.1) is 6.92 Å². The number of ether oxygens (including phenoxy) is 1. The summed E-state index contributed by atoms with van der Waals surface area (Å²) in [5, 5.41) is 14.5. The molecule has 6 nitrogen and oxygen atoms in total. The normalized spacial score (nSPS) is 10.6. The van der Waals surface area contributed by atoms with Gasteiger partial charge in [-0.3, -0.25) is 0 Å². The number of nitrogens with one attached hydrogen (secondary N) is 2. The second kappa shape index (κ2) is 7.61. The second-order valence-electron chi connectivity index (χ2n) is 5.89. The number of benzene rings is 2. The van der Waals surface area contributed by atoms with Gasteiger partial charge >= 0.3 is 0 Å². The van der Waals surface area contributed by atoms with E-state index in [0.717, 1.165) is 22.7 Å². The molecule has 0 spiro atoms. The van der Waals surface area contributed by atoms with Crippen LogP contribution in [-0.2, 0) is 0 Å². The molecule has 25 heavy (non-hydrogen) atoms. The number of para-hydroxylation sites is 3. The molecule has 0 fully saturated rings.